The lowest BCUT2D eigenvalue weighted by molar-refractivity contribution is -0.132. The number of carbonyl (C=O) groups is 3. The number of ketones is 1. The van der Waals surface area contributed by atoms with Crippen LogP contribution in [0.3, 0.4) is 0 Å². The Balaban J connectivity index is 1.50. The maximum atomic E-state index is 13.6. The van der Waals surface area contributed by atoms with Gasteiger partial charge in [0.1, 0.15) is 24.7 Å². The van der Waals surface area contributed by atoms with Gasteiger partial charge in [-0.25, -0.2) is 9.78 Å². The summed E-state index contributed by atoms with van der Waals surface area (Å²) in [5.74, 6) is -1.01. The van der Waals surface area contributed by atoms with Crippen LogP contribution in [-0.4, -0.2) is 54.7 Å². The highest BCUT2D eigenvalue weighted by Gasteiger charge is 2.48. The van der Waals surface area contributed by atoms with E-state index in [0.717, 1.165) is 4.70 Å². The summed E-state index contributed by atoms with van der Waals surface area (Å²) in [6, 6.07) is 15.5. The van der Waals surface area contributed by atoms with Crippen LogP contribution in [0.5, 0.6) is 17.2 Å². The Kier molecular flexibility index (Phi) is 6.80. The highest BCUT2D eigenvalue weighted by molar-refractivity contribution is 7.22. The van der Waals surface area contributed by atoms with Gasteiger partial charge in [-0.05, 0) is 61.0 Å². The summed E-state index contributed by atoms with van der Waals surface area (Å²) in [6.45, 7) is 3.12. The molecule has 2 aliphatic heterocycles. The minimum atomic E-state index is -1.03. The van der Waals surface area contributed by atoms with Crippen LogP contribution in [0.2, 0.25) is 0 Å². The number of thiazole rings is 1. The van der Waals surface area contributed by atoms with E-state index in [9.17, 15) is 19.5 Å². The molecular weight excluding hydrogens is 548 g/mol. The van der Waals surface area contributed by atoms with Crippen molar-refractivity contribution < 1.29 is 38.4 Å². The summed E-state index contributed by atoms with van der Waals surface area (Å²) in [4.78, 5) is 45.1. The molecule has 41 heavy (non-hydrogen) atoms. The number of hydrogen-bond acceptors (Lipinski definition) is 10. The summed E-state index contributed by atoms with van der Waals surface area (Å²) in [6.07, 6.45) is 0. The molecule has 6 rings (SSSR count). The lowest BCUT2D eigenvalue weighted by Gasteiger charge is -2.23. The molecule has 3 aromatic carbocycles. The standard InChI is InChI=1S/C30H24N2O8S/c1-3-38-19-9-10-20-23(15-19)41-30(31-20)32-25(16-4-6-17(7-5-16)29(36)37-2)24(27(34)28(32)35)26(33)18-8-11-21-22(14-18)40-13-12-39-21/h4-11,14-15,25,33H,3,12-13H2,1-2H3/b26-24+/t25-/m1/s1. The Morgan fingerprint density at radius 2 is 1.76 bits per heavy atom. The number of aliphatic hydroxyl groups excluding tert-OH is 1. The number of aliphatic hydroxyl groups is 1. The summed E-state index contributed by atoms with van der Waals surface area (Å²) >= 11 is 1.23. The van der Waals surface area contributed by atoms with Crippen molar-refractivity contribution in [1.82, 2.24) is 4.98 Å². The third kappa shape index (κ3) is 4.63. The maximum Gasteiger partial charge on any atom is 0.337 e. The number of ether oxygens (including phenoxy) is 4. The lowest BCUT2D eigenvalue weighted by atomic mass is 9.94. The Morgan fingerprint density at radius 1 is 1.02 bits per heavy atom. The maximum absolute atomic E-state index is 13.6. The quantitative estimate of drug-likeness (QED) is 0.149. The number of aromatic nitrogens is 1. The number of anilines is 1. The third-order valence-electron chi connectivity index (χ3n) is 6.77. The van der Waals surface area contributed by atoms with E-state index in [0.29, 0.717) is 53.7 Å². The number of rotatable bonds is 6. The second kappa shape index (κ2) is 10.6. The van der Waals surface area contributed by atoms with Gasteiger partial charge in [0.15, 0.2) is 16.6 Å². The van der Waals surface area contributed by atoms with Crippen LogP contribution in [0.15, 0.2) is 66.2 Å². The zero-order valence-corrected chi connectivity index (χ0v) is 22.9. The topological polar surface area (TPSA) is 124 Å². The second-order valence-corrected chi connectivity index (χ2v) is 10.2. The molecule has 10 nitrogen and oxygen atoms in total. The van der Waals surface area contributed by atoms with E-state index < -0.39 is 23.7 Å². The number of Topliss-reactive ketones (excluding diaryl/α,β-unsaturated/α-hetero) is 1. The normalized spacial score (nSPS) is 17.6. The molecule has 0 bridgehead atoms. The average Bonchev–Trinajstić information content (AvgIpc) is 3.53. The molecule has 1 fully saturated rings. The lowest BCUT2D eigenvalue weighted by Crippen LogP contribution is -2.29. The first-order valence-electron chi connectivity index (χ1n) is 12.8. The molecule has 1 saturated heterocycles. The first-order valence-corrected chi connectivity index (χ1v) is 13.6. The summed E-state index contributed by atoms with van der Waals surface area (Å²) in [7, 11) is 1.28. The van der Waals surface area contributed by atoms with E-state index in [1.54, 1.807) is 42.5 Å². The van der Waals surface area contributed by atoms with Crippen molar-refractivity contribution >= 4 is 50.1 Å². The first-order chi connectivity index (χ1) is 19.9. The molecule has 1 aromatic heterocycles. The van der Waals surface area contributed by atoms with Crippen LogP contribution in [0, 0.1) is 0 Å². The number of esters is 1. The third-order valence-corrected chi connectivity index (χ3v) is 7.79. The van der Waals surface area contributed by atoms with Gasteiger partial charge in [-0.3, -0.25) is 14.5 Å². The highest BCUT2D eigenvalue weighted by atomic mass is 32.1. The van der Waals surface area contributed by atoms with Gasteiger partial charge in [-0.2, -0.15) is 0 Å². The molecule has 11 heteroatoms. The number of benzene rings is 3. The van der Waals surface area contributed by atoms with Crippen molar-refractivity contribution in [2.45, 2.75) is 13.0 Å². The molecule has 1 N–H and O–H groups in total. The molecule has 0 saturated carbocycles. The molecule has 208 valence electrons. The van der Waals surface area contributed by atoms with E-state index in [1.165, 1.54) is 35.5 Å². The van der Waals surface area contributed by atoms with E-state index in [2.05, 4.69) is 4.98 Å². The number of nitrogens with zero attached hydrogens (tertiary/aromatic N) is 2. The van der Waals surface area contributed by atoms with Crippen molar-refractivity contribution in [3.05, 3.63) is 82.9 Å². The van der Waals surface area contributed by atoms with Crippen molar-refractivity contribution in [1.29, 1.82) is 0 Å². The molecular formula is C30H24N2O8S. The second-order valence-electron chi connectivity index (χ2n) is 9.20. The molecule has 0 aliphatic carbocycles. The van der Waals surface area contributed by atoms with E-state index in [4.69, 9.17) is 18.9 Å². The number of hydrogen-bond donors (Lipinski definition) is 1. The van der Waals surface area contributed by atoms with Crippen molar-refractivity contribution in [3.8, 4) is 17.2 Å². The predicted molar refractivity (Wildman–Crippen MR) is 151 cm³/mol. The Hall–Kier alpha value is -4.90. The minimum absolute atomic E-state index is 0.119. The van der Waals surface area contributed by atoms with Crippen LogP contribution in [-0.2, 0) is 14.3 Å². The van der Waals surface area contributed by atoms with Gasteiger partial charge < -0.3 is 24.1 Å². The summed E-state index contributed by atoms with van der Waals surface area (Å²) in [5.41, 5.74) is 1.58. The van der Waals surface area contributed by atoms with Gasteiger partial charge in [-0.15, -0.1) is 0 Å². The van der Waals surface area contributed by atoms with Crippen molar-refractivity contribution in [2.75, 3.05) is 31.8 Å². The van der Waals surface area contributed by atoms with Crippen molar-refractivity contribution in [3.63, 3.8) is 0 Å². The van der Waals surface area contributed by atoms with E-state index in [-0.39, 0.29) is 22.0 Å². The molecule has 4 aromatic rings. The number of carbonyl (C=O) groups excluding carboxylic acids is 3. The molecule has 0 spiro atoms. The number of fused-ring (bicyclic) bond motifs is 2. The summed E-state index contributed by atoms with van der Waals surface area (Å²) in [5, 5.41) is 11.8. The van der Waals surface area contributed by atoms with Gasteiger partial charge in [0, 0.05) is 5.56 Å². The zero-order valence-electron chi connectivity index (χ0n) is 22.1. The molecule has 2 aliphatic rings. The molecule has 1 atom stereocenters. The fraction of sp³-hybridized carbons (Fsp3) is 0.200. The largest absolute Gasteiger partial charge is 0.507 e. The molecule has 0 unspecified atom stereocenters. The Labute approximate surface area is 238 Å². The fourth-order valence-corrected chi connectivity index (χ4v) is 5.88. The fourth-order valence-electron chi connectivity index (χ4n) is 4.86. The number of amides is 1. The van der Waals surface area contributed by atoms with Gasteiger partial charge in [0.2, 0.25) is 0 Å². The van der Waals surface area contributed by atoms with Gasteiger partial charge in [-0.1, -0.05) is 23.5 Å². The minimum Gasteiger partial charge on any atom is -0.507 e. The van der Waals surface area contributed by atoms with Crippen molar-refractivity contribution in [2.24, 2.45) is 0 Å². The predicted octanol–water partition coefficient (Wildman–Crippen LogP) is 4.88. The SMILES string of the molecule is CCOc1ccc2nc(N3C(=O)C(=O)/C(=C(/O)c4ccc5c(c4)OCCO5)[C@H]3c3ccc(C(=O)OC)cc3)sc2c1. The van der Waals surface area contributed by atoms with E-state index >= 15 is 0 Å². The van der Waals surface area contributed by atoms with Crippen LogP contribution in [0.25, 0.3) is 16.0 Å². The average molecular weight is 573 g/mol. The Morgan fingerprint density at radius 3 is 2.49 bits per heavy atom. The zero-order chi connectivity index (χ0) is 28.7. The van der Waals surface area contributed by atoms with Gasteiger partial charge in [0.05, 0.1) is 41.1 Å². The van der Waals surface area contributed by atoms with Crippen LogP contribution >= 0.6 is 11.3 Å². The number of methoxy groups -OCH3 is 1. The van der Waals surface area contributed by atoms with Crippen LogP contribution in [0.1, 0.15) is 34.5 Å². The monoisotopic (exact) mass is 572 g/mol. The Bertz CT molecular complexity index is 1730. The molecule has 0 radical (unpaired) electrons. The first kappa shape index (κ1) is 26.3. The smallest absolute Gasteiger partial charge is 0.337 e. The highest BCUT2D eigenvalue weighted by Crippen LogP contribution is 2.45. The van der Waals surface area contributed by atoms with E-state index in [1.807, 2.05) is 13.0 Å². The summed E-state index contributed by atoms with van der Waals surface area (Å²) < 4.78 is 22.4. The molecule has 1 amide bonds. The molecule has 3 heterocycles. The van der Waals surface area contributed by atoms with Crippen LogP contribution in [0.4, 0.5) is 5.13 Å². The van der Waals surface area contributed by atoms with Gasteiger partial charge in [0.25, 0.3) is 5.78 Å². The van der Waals surface area contributed by atoms with Crippen LogP contribution < -0.4 is 19.1 Å². The van der Waals surface area contributed by atoms with Gasteiger partial charge >= 0.3 is 11.9 Å².